The number of carbonyl (C=O) groups is 1. The van der Waals surface area contributed by atoms with Gasteiger partial charge in [-0.2, -0.15) is 0 Å². The Hall–Kier alpha value is -1.82. The van der Waals surface area contributed by atoms with Crippen molar-refractivity contribution in [1.29, 1.82) is 0 Å². The fraction of sp³-hybridized carbons (Fsp3) is 0. The predicted octanol–water partition coefficient (Wildman–Crippen LogP) is 3.67. The third kappa shape index (κ3) is 2.65. The largest absolute Gasteiger partial charge is 0.475 e. The van der Waals surface area contributed by atoms with Crippen LogP contribution in [0.4, 0.5) is 4.39 Å². The van der Waals surface area contributed by atoms with Gasteiger partial charge in [-0.15, -0.1) is 0 Å². The second-order valence-corrected chi connectivity index (χ2v) is 3.96. The van der Waals surface area contributed by atoms with Crippen LogP contribution in [0.25, 0.3) is 0 Å². The molecule has 0 aliphatic rings. The van der Waals surface area contributed by atoms with Gasteiger partial charge in [-0.1, -0.05) is 0 Å². The Morgan fingerprint density at radius 2 is 2.12 bits per heavy atom. The Kier molecular flexibility index (Phi) is 3.14. The molecule has 17 heavy (non-hydrogen) atoms. The molecule has 2 rings (SSSR count). The van der Waals surface area contributed by atoms with Crippen LogP contribution in [0.1, 0.15) is 10.6 Å². The number of hydrogen-bond acceptors (Lipinski definition) is 3. The number of benzene rings is 1. The predicted molar refractivity (Wildman–Crippen MR) is 59.8 cm³/mol. The zero-order valence-electron chi connectivity index (χ0n) is 8.31. The normalized spacial score (nSPS) is 10.2. The molecule has 88 valence electrons. The van der Waals surface area contributed by atoms with Crippen LogP contribution >= 0.6 is 15.9 Å². The number of ether oxygens (including phenoxy) is 1. The maximum atomic E-state index is 12.9. The first-order valence-electron chi connectivity index (χ1n) is 4.52. The fourth-order valence-corrected chi connectivity index (χ4v) is 1.50. The molecule has 0 aliphatic heterocycles. The van der Waals surface area contributed by atoms with Crippen LogP contribution in [0.5, 0.6) is 11.7 Å². The van der Waals surface area contributed by atoms with E-state index in [4.69, 9.17) is 14.3 Å². The molecule has 0 spiro atoms. The molecule has 1 aromatic carbocycles. The van der Waals surface area contributed by atoms with Crippen molar-refractivity contribution < 1.29 is 23.4 Å². The minimum atomic E-state index is -1.18. The molecule has 0 atom stereocenters. The fourth-order valence-electron chi connectivity index (χ4n) is 1.15. The van der Waals surface area contributed by atoms with Gasteiger partial charge < -0.3 is 14.3 Å². The van der Waals surface area contributed by atoms with Gasteiger partial charge in [-0.05, 0) is 40.2 Å². The van der Waals surface area contributed by atoms with Crippen molar-refractivity contribution in [3.05, 3.63) is 46.4 Å². The number of aromatic carboxylic acids is 1. The molecule has 0 saturated heterocycles. The zero-order valence-corrected chi connectivity index (χ0v) is 9.90. The van der Waals surface area contributed by atoms with Crippen molar-refractivity contribution in [1.82, 2.24) is 0 Å². The lowest BCUT2D eigenvalue weighted by molar-refractivity contribution is 0.0657. The summed E-state index contributed by atoms with van der Waals surface area (Å²) in [6.07, 6.45) is 0. The first-order chi connectivity index (χ1) is 8.06. The van der Waals surface area contributed by atoms with E-state index >= 15 is 0 Å². The lowest BCUT2D eigenvalue weighted by Crippen LogP contribution is -1.91. The smallest absolute Gasteiger partial charge is 0.371 e. The summed E-state index contributed by atoms with van der Waals surface area (Å²) in [5.74, 6) is -1.45. The Bertz CT molecular complexity index is 564. The SMILES string of the molecule is O=C(O)c1ccc(Oc2ccc(F)c(Br)c2)o1. The summed E-state index contributed by atoms with van der Waals surface area (Å²) in [6.45, 7) is 0. The van der Waals surface area contributed by atoms with Crippen LogP contribution in [0, 0.1) is 5.82 Å². The highest BCUT2D eigenvalue weighted by Crippen LogP contribution is 2.27. The topological polar surface area (TPSA) is 59.7 Å². The first-order valence-corrected chi connectivity index (χ1v) is 5.31. The lowest BCUT2D eigenvalue weighted by Gasteiger charge is -2.02. The molecule has 0 radical (unpaired) electrons. The number of furan rings is 1. The van der Waals surface area contributed by atoms with Crippen LogP contribution in [0.2, 0.25) is 0 Å². The van der Waals surface area contributed by atoms with E-state index < -0.39 is 11.8 Å². The monoisotopic (exact) mass is 300 g/mol. The van der Waals surface area contributed by atoms with Gasteiger partial charge in [0.05, 0.1) is 4.47 Å². The second-order valence-electron chi connectivity index (χ2n) is 3.10. The molecule has 0 bridgehead atoms. The van der Waals surface area contributed by atoms with E-state index in [2.05, 4.69) is 15.9 Å². The molecule has 6 heteroatoms. The molecule has 1 heterocycles. The minimum Gasteiger partial charge on any atom is -0.475 e. The maximum Gasteiger partial charge on any atom is 0.371 e. The average Bonchev–Trinajstić information content (AvgIpc) is 2.72. The van der Waals surface area contributed by atoms with Crippen molar-refractivity contribution in [2.24, 2.45) is 0 Å². The van der Waals surface area contributed by atoms with Gasteiger partial charge in [0.25, 0.3) is 5.95 Å². The third-order valence-electron chi connectivity index (χ3n) is 1.90. The lowest BCUT2D eigenvalue weighted by atomic mass is 10.3. The number of carboxylic acid groups (broad SMARTS) is 1. The maximum absolute atomic E-state index is 12.9. The summed E-state index contributed by atoms with van der Waals surface area (Å²) in [7, 11) is 0. The van der Waals surface area contributed by atoms with Crippen molar-refractivity contribution in [3.8, 4) is 11.7 Å². The molecule has 0 unspecified atom stereocenters. The molecular weight excluding hydrogens is 295 g/mol. The van der Waals surface area contributed by atoms with Gasteiger partial charge in [0.1, 0.15) is 11.6 Å². The van der Waals surface area contributed by atoms with Gasteiger partial charge in [0.15, 0.2) is 0 Å². The number of rotatable bonds is 3. The van der Waals surface area contributed by atoms with Crippen molar-refractivity contribution >= 4 is 21.9 Å². The van der Waals surface area contributed by atoms with Crippen LogP contribution < -0.4 is 4.74 Å². The summed E-state index contributed by atoms with van der Waals surface area (Å²) < 4.78 is 23.3. The molecule has 0 amide bonds. The Morgan fingerprint density at radius 1 is 1.35 bits per heavy atom. The van der Waals surface area contributed by atoms with Gasteiger partial charge in [0.2, 0.25) is 5.76 Å². The van der Waals surface area contributed by atoms with Crippen LogP contribution in [-0.2, 0) is 0 Å². The van der Waals surface area contributed by atoms with Crippen molar-refractivity contribution in [3.63, 3.8) is 0 Å². The van der Waals surface area contributed by atoms with Gasteiger partial charge >= 0.3 is 5.97 Å². The summed E-state index contributed by atoms with van der Waals surface area (Å²) >= 11 is 3.01. The number of carboxylic acids is 1. The third-order valence-corrected chi connectivity index (χ3v) is 2.51. The van der Waals surface area contributed by atoms with Crippen LogP contribution in [-0.4, -0.2) is 11.1 Å². The van der Waals surface area contributed by atoms with E-state index in [0.29, 0.717) is 5.75 Å². The highest BCUT2D eigenvalue weighted by Gasteiger charge is 2.10. The van der Waals surface area contributed by atoms with E-state index in [9.17, 15) is 9.18 Å². The van der Waals surface area contributed by atoms with E-state index in [1.165, 1.54) is 30.3 Å². The standard InChI is InChI=1S/C11H6BrFO4/c12-7-5-6(1-2-8(7)13)16-10-4-3-9(17-10)11(14)15/h1-5H,(H,14,15). The average molecular weight is 301 g/mol. The van der Waals surface area contributed by atoms with E-state index in [-0.39, 0.29) is 16.2 Å². The van der Waals surface area contributed by atoms with E-state index in [0.717, 1.165) is 0 Å². The molecule has 1 N–H and O–H groups in total. The summed E-state index contributed by atoms with van der Waals surface area (Å²) in [6, 6.07) is 6.69. The van der Waals surface area contributed by atoms with E-state index in [1.807, 2.05) is 0 Å². The van der Waals surface area contributed by atoms with Crippen molar-refractivity contribution in [2.45, 2.75) is 0 Å². The van der Waals surface area contributed by atoms with Crippen LogP contribution in [0.15, 0.2) is 39.2 Å². The molecular formula is C11H6BrFO4. The highest BCUT2D eigenvalue weighted by molar-refractivity contribution is 9.10. The second kappa shape index (κ2) is 4.58. The van der Waals surface area contributed by atoms with Crippen molar-refractivity contribution in [2.75, 3.05) is 0 Å². The number of halogens is 2. The first kappa shape index (κ1) is 11.7. The quantitative estimate of drug-likeness (QED) is 0.939. The Labute approximate surface area is 104 Å². The molecule has 0 aliphatic carbocycles. The minimum absolute atomic E-state index is 0.0286. The molecule has 0 saturated carbocycles. The van der Waals surface area contributed by atoms with Gasteiger partial charge in [-0.25, -0.2) is 9.18 Å². The van der Waals surface area contributed by atoms with Crippen LogP contribution in [0.3, 0.4) is 0 Å². The number of hydrogen-bond donors (Lipinski definition) is 1. The molecule has 2 aromatic rings. The zero-order chi connectivity index (χ0) is 12.4. The molecule has 1 aromatic heterocycles. The summed E-state index contributed by atoms with van der Waals surface area (Å²) in [5.41, 5.74) is 0. The highest BCUT2D eigenvalue weighted by atomic mass is 79.9. The summed E-state index contributed by atoms with van der Waals surface area (Å²) in [5, 5.41) is 8.64. The van der Waals surface area contributed by atoms with Gasteiger partial charge in [0, 0.05) is 6.07 Å². The molecule has 4 nitrogen and oxygen atoms in total. The Balaban J connectivity index is 2.19. The van der Waals surface area contributed by atoms with Gasteiger partial charge in [-0.3, -0.25) is 0 Å². The Morgan fingerprint density at radius 3 is 2.71 bits per heavy atom. The summed E-state index contributed by atoms with van der Waals surface area (Å²) in [4.78, 5) is 10.6. The molecule has 0 fully saturated rings. The van der Waals surface area contributed by atoms with E-state index in [1.54, 1.807) is 0 Å².